The van der Waals surface area contributed by atoms with Gasteiger partial charge in [0.25, 0.3) is 0 Å². The molecule has 0 amide bonds. The Morgan fingerprint density at radius 2 is 2.11 bits per heavy atom. The van der Waals surface area contributed by atoms with Gasteiger partial charge in [0.1, 0.15) is 0 Å². The molecule has 0 aliphatic carbocycles. The van der Waals surface area contributed by atoms with Crippen LogP contribution in [0.25, 0.3) is 10.9 Å². The van der Waals surface area contributed by atoms with Gasteiger partial charge in [0.15, 0.2) is 0 Å². The molecule has 0 unspecified atom stereocenters. The number of hydrogen-bond acceptors (Lipinski definition) is 1. The number of hydrogen-bond donors (Lipinski definition) is 1. The summed E-state index contributed by atoms with van der Waals surface area (Å²) in [6.45, 7) is 4.89. The van der Waals surface area contributed by atoms with E-state index in [4.69, 9.17) is 5.11 Å². The molecule has 0 fully saturated rings. The molecule has 0 bridgehead atoms. The van der Waals surface area contributed by atoms with Crippen molar-refractivity contribution in [1.82, 2.24) is 4.57 Å². The van der Waals surface area contributed by atoms with Crippen molar-refractivity contribution in [2.24, 2.45) is 0 Å². The molecule has 0 aliphatic rings. The summed E-state index contributed by atoms with van der Waals surface area (Å²) in [6.07, 6.45) is 4.10. The maximum atomic E-state index is 10.9. The Bertz CT molecular complexity index is 608. The Labute approximate surface area is 106 Å². The molecule has 18 heavy (non-hydrogen) atoms. The van der Waals surface area contributed by atoms with Crippen LogP contribution < -0.4 is 0 Å². The van der Waals surface area contributed by atoms with E-state index in [1.807, 2.05) is 37.4 Å². The van der Waals surface area contributed by atoms with Gasteiger partial charge in [-0.15, -0.1) is 0 Å². The Kier molecular flexibility index (Phi) is 3.51. The number of para-hydroxylation sites is 1. The minimum Gasteiger partial charge on any atom is -0.481 e. The van der Waals surface area contributed by atoms with Crippen molar-refractivity contribution in [1.29, 1.82) is 0 Å². The predicted molar refractivity (Wildman–Crippen MR) is 72.7 cm³/mol. The quantitative estimate of drug-likeness (QED) is 0.838. The highest BCUT2D eigenvalue weighted by molar-refractivity contribution is 5.87. The molecule has 0 atom stereocenters. The van der Waals surface area contributed by atoms with Crippen LogP contribution in [-0.4, -0.2) is 15.6 Å². The number of aliphatic carboxylic acids is 1. The van der Waals surface area contributed by atoms with Crippen LogP contribution in [0.4, 0.5) is 0 Å². The van der Waals surface area contributed by atoms with Gasteiger partial charge in [-0.1, -0.05) is 29.8 Å². The highest BCUT2D eigenvalue weighted by Crippen LogP contribution is 2.22. The van der Waals surface area contributed by atoms with Crippen molar-refractivity contribution in [2.75, 3.05) is 0 Å². The lowest BCUT2D eigenvalue weighted by Crippen LogP contribution is -2.00. The van der Waals surface area contributed by atoms with Crippen molar-refractivity contribution >= 4 is 16.9 Å². The maximum Gasteiger partial charge on any atom is 0.307 e. The van der Waals surface area contributed by atoms with Gasteiger partial charge < -0.3 is 9.67 Å². The van der Waals surface area contributed by atoms with Crippen LogP contribution in [0.2, 0.25) is 0 Å². The molecule has 0 saturated heterocycles. The van der Waals surface area contributed by atoms with E-state index in [-0.39, 0.29) is 6.42 Å². The standard InChI is InChI=1S/C15H17NO2/c1-3-11(2)9-16-10-12(8-15(17)18)13-6-4-5-7-14(13)16/h3-7,10H,8-9H2,1-2H3,(H,17,18)/b11-3+. The molecule has 1 aromatic heterocycles. The zero-order valence-electron chi connectivity index (χ0n) is 10.7. The van der Waals surface area contributed by atoms with Crippen molar-refractivity contribution in [2.45, 2.75) is 26.8 Å². The number of rotatable bonds is 4. The molecule has 0 aliphatic heterocycles. The number of aromatic nitrogens is 1. The molecule has 1 aromatic carbocycles. The SMILES string of the molecule is C/C=C(\C)Cn1cc(CC(=O)O)c2ccccc21. The van der Waals surface area contributed by atoms with E-state index < -0.39 is 5.97 Å². The molecule has 3 heteroatoms. The zero-order chi connectivity index (χ0) is 13.1. The van der Waals surface area contributed by atoms with Crippen LogP contribution in [0.15, 0.2) is 42.1 Å². The number of carboxylic acid groups (broad SMARTS) is 1. The number of carbonyl (C=O) groups is 1. The molecular formula is C15H17NO2. The number of fused-ring (bicyclic) bond motifs is 1. The smallest absolute Gasteiger partial charge is 0.307 e. The van der Waals surface area contributed by atoms with E-state index in [0.717, 1.165) is 23.0 Å². The van der Waals surface area contributed by atoms with Crippen molar-refractivity contribution in [3.63, 3.8) is 0 Å². The highest BCUT2D eigenvalue weighted by Gasteiger charge is 2.10. The van der Waals surface area contributed by atoms with E-state index >= 15 is 0 Å². The average Bonchev–Trinajstić information content (AvgIpc) is 2.67. The van der Waals surface area contributed by atoms with Crippen molar-refractivity contribution in [3.8, 4) is 0 Å². The fourth-order valence-corrected chi connectivity index (χ4v) is 2.12. The van der Waals surface area contributed by atoms with Crippen LogP contribution in [0.5, 0.6) is 0 Å². The monoisotopic (exact) mass is 243 g/mol. The molecule has 1 heterocycles. The molecule has 94 valence electrons. The van der Waals surface area contributed by atoms with Gasteiger partial charge in [-0.3, -0.25) is 4.79 Å². The lowest BCUT2D eigenvalue weighted by molar-refractivity contribution is -0.136. The van der Waals surface area contributed by atoms with Crippen LogP contribution in [0.3, 0.4) is 0 Å². The summed E-state index contributed by atoms with van der Waals surface area (Å²) in [6, 6.07) is 7.94. The summed E-state index contributed by atoms with van der Waals surface area (Å²) in [7, 11) is 0. The first kappa shape index (κ1) is 12.4. The molecule has 2 aromatic rings. The van der Waals surface area contributed by atoms with Gasteiger partial charge >= 0.3 is 5.97 Å². The molecule has 0 saturated carbocycles. The van der Waals surface area contributed by atoms with Gasteiger partial charge in [-0.25, -0.2) is 0 Å². The first-order chi connectivity index (χ1) is 8.61. The normalized spacial score (nSPS) is 12.0. The first-order valence-corrected chi connectivity index (χ1v) is 6.02. The average molecular weight is 243 g/mol. The van der Waals surface area contributed by atoms with Gasteiger partial charge in [-0.05, 0) is 25.5 Å². The third-order valence-electron chi connectivity index (χ3n) is 3.13. The number of nitrogens with zero attached hydrogens (tertiary/aromatic N) is 1. The maximum absolute atomic E-state index is 10.9. The van der Waals surface area contributed by atoms with Crippen LogP contribution in [-0.2, 0) is 17.8 Å². The lowest BCUT2D eigenvalue weighted by Gasteiger charge is -2.04. The molecule has 2 rings (SSSR count). The van der Waals surface area contributed by atoms with E-state index in [1.165, 1.54) is 5.57 Å². The number of allylic oxidation sites excluding steroid dienone is 2. The minimum absolute atomic E-state index is 0.0718. The molecule has 0 spiro atoms. The van der Waals surface area contributed by atoms with E-state index in [0.29, 0.717) is 0 Å². The third-order valence-corrected chi connectivity index (χ3v) is 3.13. The second-order valence-electron chi connectivity index (χ2n) is 4.50. The van der Waals surface area contributed by atoms with Crippen molar-refractivity contribution in [3.05, 3.63) is 47.7 Å². The molecule has 0 radical (unpaired) electrons. The summed E-state index contributed by atoms with van der Waals surface area (Å²) in [5.41, 5.74) is 3.23. The Morgan fingerprint density at radius 3 is 2.78 bits per heavy atom. The fourth-order valence-electron chi connectivity index (χ4n) is 2.12. The summed E-state index contributed by atoms with van der Waals surface area (Å²) in [5.74, 6) is -0.791. The van der Waals surface area contributed by atoms with E-state index in [1.54, 1.807) is 0 Å². The van der Waals surface area contributed by atoms with Gasteiger partial charge in [0, 0.05) is 23.6 Å². The number of carboxylic acids is 1. The van der Waals surface area contributed by atoms with E-state index in [2.05, 4.69) is 17.6 Å². The Hall–Kier alpha value is -2.03. The Balaban J connectivity index is 2.50. The van der Waals surface area contributed by atoms with Crippen LogP contribution >= 0.6 is 0 Å². The topological polar surface area (TPSA) is 42.2 Å². The van der Waals surface area contributed by atoms with E-state index in [9.17, 15) is 4.79 Å². The minimum atomic E-state index is -0.791. The second-order valence-corrected chi connectivity index (χ2v) is 4.50. The third kappa shape index (κ3) is 2.45. The van der Waals surface area contributed by atoms with Crippen LogP contribution in [0, 0.1) is 0 Å². The summed E-state index contributed by atoms with van der Waals surface area (Å²) in [4.78, 5) is 10.9. The summed E-state index contributed by atoms with van der Waals surface area (Å²) < 4.78 is 2.11. The highest BCUT2D eigenvalue weighted by atomic mass is 16.4. The van der Waals surface area contributed by atoms with Gasteiger partial charge in [0.05, 0.1) is 6.42 Å². The number of benzene rings is 1. The molecule has 3 nitrogen and oxygen atoms in total. The van der Waals surface area contributed by atoms with Gasteiger partial charge in [0.2, 0.25) is 0 Å². The van der Waals surface area contributed by atoms with Crippen molar-refractivity contribution < 1.29 is 9.90 Å². The lowest BCUT2D eigenvalue weighted by atomic mass is 10.1. The first-order valence-electron chi connectivity index (χ1n) is 6.02. The van der Waals surface area contributed by atoms with Crippen LogP contribution in [0.1, 0.15) is 19.4 Å². The molecule has 1 N–H and O–H groups in total. The predicted octanol–water partition coefficient (Wildman–Crippen LogP) is 3.23. The summed E-state index contributed by atoms with van der Waals surface area (Å²) in [5, 5.41) is 9.97. The fraction of sp³-hybridized carbons (Fsp3) is 0.267. The summed E-state index contributed by atoms with van der Waals surface area (Å²) >= 11 is 0. The zero-order valence-corrected chi connectivity index (χ0v) is 10.7. The second kappa shape index (κ2) is 5.08. The largest absolute Gasteiger partial charge is 0.481 e. The van der Waals surface area contributed by atoms with Gasteiger partial charge in [-0.2, -0.15) is 0 Å². The molecular weight excluding hydrogens is 226 g/mol. The Morgan fingerprint density at radius 1 is 1.39 bits per heavy atom.